The second kappa shape index (κ2) is 4.89. The van der Waals surface area contributed by atoms with E-state index >= 15 is 0 Å². The lowest BCUT2D eigenvalue weighted by Crippen LogP contribution is -2.31. The Morgan fingerprint density at radius 1 is 1.69 bits per heavy atom. The fraction of sp³-hybridized carbons (Fsp3) is 0.500. The maximum Gasteiger partial charge on any atom is 0.406 e. The Bertz CT molecular complexity index is 379. The average molecular weight is 226 g/mol. The number of aromatic nitrogens is 1. The van der Waals surface area contributed by atoms with E-state index in [2.05, 4.69) is 4.98 Å². The highest BCUT2D eigenvalue weighted by molar-refractivity contribution is 5.38. The lowest BCUT2D eigenvalue weighted by Gasteiger charge is -2.20. The van der Waals surface area contributed by atoms with Crippen LogP contribution in [0.5, 0.6) is 5.75 Å². The molecule has 0 spiro atoms. The molecule has 0 aliphatic rings. The number of aliphatic hydroxyl groups is 1. The molecule has 1 unspecified atom stereocenters. The number of pyridine rings is 1. The van der Waals surface area contributed by atoms with Crippen LogP contribution in [0.15, 0.2) is 18.3 Å². The summed E-state index contributed by atoms with van der Waals surface area (Å²) in [5.74, 6) is -0.268. The molecule has 1 aromatic heterocycles. The first-order valence-corrected chi connectivity index (χ1v) is 4.91. The van der Waals surface area contributed by atoms with E-state index in [-0.39, 0.29) is 18.2 Å². The SMILES string of the molecule is CCC(C)(O)COc1cccnc1[N+](=O)[O-]. The van der Waals surface area contributed by atoms with Gasteiger partial charge in [0.2, 0.25) is 5.75 Å². The van der Waals surface area contributed by atoms with Crippen LogP contribution < -0.4 is 4.74 Å². The summed E-state index contributed by atoms with van der Waals surface area (Å²) in [7, 11) is 0. The molecule has 0 fully saturated rings. The van der Waals surface area contributed by atoms with Gasteiger partial charge < -0.3 is 20.0 Å². The minimum atomic E-state index is -0.996. The summed E-state index contributed by atoms with van der Waals surface area (Å²) in [6.45, 7) is 3.41. The first-order valence-electron chi connectivity index (χ1n) is 4.91. The van der Waals surface area contributed by atoms with E-state index in [0.717, 1.165) is 0 Å². The highest BCUT2D eigenvalue weighted by Gasteiger charge is 2.22. The smallest absolute Gasteiger partial charge is 0.406 e. The first-order chi connectivity index (χ1) is 7.46. The van der Waals surface area contributed by atoms with Gasteiger partial charge >= 0.3 is 5.82 Å². The molecule has 1 aromatic rings. The maximum atomic E-state index is 10.6. The summed E-state index contributed by atoms with van der Waals surface area (Å²) < 4.78 is 5.20. The van der Waals surface area contributed by atoms with Crippen LogP contribution in [-0.2, 0) is 0 Å². The zero-order chi connectivity index (χ0) is 12.2. The molecule has 0 aliphatic carbocycles. The number of hydrogen-bond acceptors (Lipinski definition) is 5. The van der Waals surface area contributed by atoms with Crippen LogP contribution in [0.1, 0.15) is 20.3 Å². The summed E-state index contributed by atoms with van der Waals surface area (Å²) >= 11 is 0. The van der Waals surface area contributed by atoms with E-state index in [1.807, 2.05) is 0 Å². The summed E-state index contributed by atoms with van der Waals surface area (Å²) in [4.78, 5) is 13.6. The zero-order valence-electron chi connectivity index (χ0n) is 9.21. The molecule has 0 saturated heterocycles. The predicted octanol–water partition coefficient (Wildman–Crippen LogP) is 1.53. The topological polar surface area (TPSA) is 85.5 Å². The molecule has 16 heavy (non-hydrogen) atoms. The van der Waals surface area contributed by atoms with Gasteiger partial charge in [0.1, 0.15) is 12.8 Å². The third-order valence-electron chi connectivity index (χ3n) is 2.22. The van der Waals surface area contributed by atoms with E-state index in [1.54, 1.807) is 19.9 Å². The molecule has 6 heteroatoms. The van der Waals surface area contributed by atoms with Crippen LogP contribution >= 0.6 is 0 Å². The Morgan fingerprint density at radius 3 is 2.94 bits per heavy atom. The third kappa shape index (κ3) is 3.16. The second-order valence-electron chi connectivity index (χ2n) is 3.72. The molecule has 0 saturated carbocycles. The molecule has 1 atom stereocenters. The lowest BCUT2D eigenvalue weighted by molar-refractivity contribution is -0.390. The molecule has 1 rings (SSSR count). The molecule has 0 bridgehead atoms. The highest BCUT2D eigenvalue weighted by Crippen LogP contribution is 2.24. The molecule has 1 heterocycles. The normalized spacial score (nSPS) is 14.2. The van der Waals surface area contributed by atoms with Gasteiger partial charge in [0, 0.05) is 0 Å². The Hall–Kier alpha value is -1.69. The molecule has 88 valence electrons. The van der Waals surface area contributed by atoms with Crippen molar-refractivity contribution >= 4 is 5.82 Å². The number of ether oxygens (including phenoxy) is 1. The number of nitrogens with zero attached hydrogens (tertiary/aromatic N) is 2. The molecule has 0 radical (unpaired) electrons. The van der Waals surface area contributed by atoms with Crippen LogP contribution in [0, 0.1) is 10.1 Å². The quantitative estimate of drug-likeness (QED) is 0.607. The van der Waals surface area contributed by atoms with Crippen LogP contribution in [-0.4, -0.2) is 27.2 Å². The van der Waals surface area contributed by atoms with Gasteiger partial charge in [0.25, 0.3) is 0 Å². The molecular formula is C10H14N2O4. The largest absolute Gasteiger partial charge is 0.483 e. The lowest BCUT2D eigenvalue weighted by atomic mass is 10.1. The fourth-order valence-electron chi connectivity index (χ4n) is 0.967. The molecule has 1 N–H and O–H groups in total. The summed E-state index contributed by atoms with van der Waals surface area (Å²) in [6, 6.07) is 3.00. The Morgan fingerprint density at radius 2 is 2.38 bits per heavy atom. The van der Waals surface area contributed by atoms with Crippen molar-refractivity contribution < 1.29 is 14.8 Å². The Kier molecular flexibility index (Phi) is 3.78. The van der Waals surface area contributed by atoms with Gasteiger partial charge in [-0.3, -0.25) is 0 Å². The van der Waals surface area contributed by atoms with Gasteiger partial charge in [0.05, 0.1) is 5.60 Å². The Labute approximate surface area is 93.0 Å². The van der Waals surface area contributed by atoms with Gasteiger partial charge in [-0.1, -0.05) is 6.92 Å². The van der Waals surface area contributed by atoms with Crippen LogP contribution in [0.3, 0.4) is 0 Å². The van der Waals surface area contributed by atoms with Gasteiger partial charge in [-0.2, -0.15) is 0 Å². The standard InChI is InChI=1S/C10H14N2O4/c1-3-10(2,13)7-16-8-5-4-6-11-9(8)12(14)15/h4-6,13H,3,7H2,1-2H3. The average Bonchev–Trinajstić information content (AvgIpc) is 2.27. The maximum absolute atomic E-state index is 10.6. The molecule has 0 amide bonds. The van der Waals surface area contributed by atoms with Crippen molar-refractivity contribution in [3.05, 3.63) is 28.4 Å². The minimum Gasteiger partial charge on any atom is -0.483 e. The van der Waals surface area contributed by atoms with Gasteiger partial charge in [0.15, 0.2) is 0 Å². The molecule has 6 nitrogen and oxygen atoms in total. The van der Waals surface area contributed by atoms with Crippen LogP contribution in [0.25, 0.3) is 0 Å². The van der Waals surface area contributed by atoms with E-state index in [4.69, 9.17) is 4.74 Å². The fourth-order valence-corrected chi connectivity index (χ4v) is 0.967. The number of nitro groups is 1. The highest BCUT2D eigenvalue weighted by atomic mass is 16.6. The van der Waals surface area contributed by atoms with Crippen molar-refractivity contribution in [1.29, 1.82) is 0 Å². The number of rotatable bonds is 5. The van der Waals surface area contributed by atoms with E-state index in [1.165, 1.54) is 12.3 Å². The predicted molar refractivity (Wildman–Crippen MR) is 57.3 cm³/mol. The van der Waals surface area contributed by atoms with Crippen molar-refractivity contribution in [2.75, 3.05) is 6.61 Å². The van der Waals surface area contributed by atoms with Crippen molar-refractivity contribution in [1.82, 2.24) is 4.98 Å². The Balaban J connectivity index is 2.78. The van der Waals surface area contributed by atoms with Crippen molar-refractivity contribution in [3.63, 3.8) is 0 Å². The summed E-state index contributed by atoms with van der Waals surface area (Å²) in [6.07, 6.45) is 1.82. The summed E-state index contributed by atoms with van der Waals surface area (Å²) in [5, 5.41) is 20.3. The van der Waals surface area contributed by atoms with E-state index in [0.29, 0.717) is 6.42 Å². The molecular weight excluding hydrogens is 212 g/mol. The zero-order valence-corrected chi connectivity index (χ0v) is 9.21. The van der Waals surface area contributed by atoms with E-state index in [9.17, 15) is 15.2 Å². The minimum absolute atomic E-state index is 0.00394. The monoisotopic (exact) mass is 226 g/mol. The summed E-state index contributed by atoms with van der Waals surface area (Å²) in [5.41, 5.74) is -0.996. The van der Waals surface area contributed by atoms with Crippen LogP contribution in [0.4, 0.5) is 5.82 Å². The first kappa shape index (κ1) is 12.4. The second-order valence-corrected chi connectivity index (χ2v) is 3.72. The van der Waals surface area contributed by atoms with E-state index < -0.39 is 10.5 Å². The van der Waals surface area contributed by atoms with Crippen LogP contribution in [0.2, 0.25) is 0 Å². The van der Waals surface area contributed by atoms with Crippen molar-refractivity contribution in [2.45, 2.75) is 25.9 Å². The van der Waals surface area contributed by atoms with Gasteiger partial charge in [-0.15, -0.1) is 0 Å². The van der Waals surface area contributed by atoms with Gasteiger partial charge in [-0.25, -0.2) is 0 Å². The van der Waals surface area contributed by atoms with Crippen molar-refractivity contribution in [2.24, 2.45) is 0 Å². The third-order valence-corrected chi connectivity index (χ3v) is 2.22. The van der Waals surface area contributed by atoms with Crippen molar-refractivity contribution in [3.8, 4) is 5.75 Å². The molecule has 0 aromatic carbocycles. The number of hydrogen-bond donors (Lipinski definition) is 1. The molecule has 0 aliphatic heterocycles. The van der Waals surface area contributed by atoms with Gasteiger partial charge in [-0.05, 0) is 35.4 Å².